The third kappa shape index (κ3) is 5.53. The van der Waals surface area contributed by atoms with E-state index in [-0.39, 0.29) is 23.6 Å². The number of aromatic hydroxyl groups is 2. The van der Waals surface area contributed by atoms with Crippen LogP contribution < -0.4 is 18.9 Å². The van der Waals surface area contributed by atoms with Crippen molar-refractivity contribution in [2.75, 3.05) is 34.9 Å². The Bertz CT molecular complexity index is 1740. The fraction of sp³-hybridized carbons (Fsp3) is 0.351. The van der Waals surface area contributed by atoms with Crippen molar-refractivity contribution in [2.45, 2.75) is 50.9 Å². The summed E-state index contributed by atoms with van der Waals surface area (Å²) >= 11 is 0. The van der Waals surface area contributed by atoms with Gasteiger partial charge in [0.25, 0.3) is 0 Å². The molecule has 0 amide bonds. The van der Waals surface area contributed by atoms with Crippen LogP contribution in [0, 0.1) is 0 Å². The molecule has 4 aromatic carbocycles. The van der Waals surface area contributed by atoms with Gasteiger partial charge in [-0.2, -0.15) is 0 Å². The maximum atomic E-state index is 11.5. The van der Waals surface area contributed by atoms with E-state index >= 15 is 0 Å². The minimum atomic E-state index is 0.0690. The molecule has 0 aromatic heterocycles. The lowest BCUT2D eigenvalue weighted by Crippen LogP contribution is -2.39. The van der Waals surface area contributed by atoms with E-state index < -0.39 is 0 Å². The molecule has 45 heavy (non-hydrogen) atoms. The molecule has 8 rings (SSSR count). The molecule has 2 unspecified atom stereocenters. The molecule has 0 saturated heterocycles. The number of fused-ring (bicyclic) bond motifs is 3. The Balaban J connectivity index is 1.34. The van der Waals surface area contributed by atoms with Crippen molar-refractivity contribution in [2.24, 2.45) is 0 Å². The van der Waals surface area contributed by atoms with Gasteiger partial charge in [0, 0.05) is 30.7 Å². The van der Waals surface area contributed by atoms with Gasteiger partial charge in [0.05, 0.1) is 14.2 Å². The fourth-order valence-electron chi connectivity index (χ4n) is 7.04. The van der Waals surface area contributed by atoms with Gasteiger partial charge in [-0.25, -0.2) is 0 Å². The molecule has 4 aliphatic heterocycles. The van der Waals surface area contributed by atoms with E-state index in [1.54, 1.807) is 20.3 Å². The highest BCUT2D eigenvalue weighted by molar-refractivity contribution is 5.59. The van der Waals surface area contributed by atoms with Crippen molar-refractivity contribution < 1.29 is 29.2 Å². The molecule has 0 aliphatic carbocycles. The van der Waals surface area contributed by atoms with Crippen molar-refractivity contribution in [1.82, 2.24) is 9.80 Å². The van der Waals surface area contributed by atoms with E-state index in [9.17, 15) is 10.2 Å². The summed E-state index contributed by atoms with van der Waals surface area (Å²) in [5.41, 5.74) is 7.60. The molecule has 9 bridgehead atoms. The quantitative estimate of drug-likeness (QED) is 0.280. The van der Waals surface area contributed by atoms with E-state index in [1.165, 1.54) is 16.7 Å². The lowest BCUT2D eigenvalue weighted by Gasteiger charge is -2.35. The first-order valence-electron chi connectivity index (χ1n) is 15.5. The van der Waals surface area contributed by atoms with E-state index in [0.29, 0.717) is 54.7 Å². The summed E-state index contributed by atoms with van der Waals surface area (Å²) < 4.78 is 24.2. The largest absolute Gasteiger partial charge is 0.504 e. The van der Waals surface area contributed by atoms with Crippen LogP contribution in [0.3, 0.4) is 0 Å². The zero-order valence-electron chi connectivity index (χ0n) is 26.3. The van der Waals surface area contributed by atoms with E-state index in [2.05, 4.69) is 60.3 Å². The minimum absolute atomic E-state index is 0.0690. The predicted molar refractivity (Wildman–Crippen MR) is 172 cm³/mol. The van der Waals surface area contributed by atoms with Gasteiger partial charge in [-0.3, -0.25) is 9.80 Å². The van der Waals surface area contributed by atoms with Crippen molar-refractivity contribution >= 4 is 0 Å². The molecule has 2 atom stereocenters. The molecule has 0 saturated carbocycles. The van der Waals surface area contributed by atoms with Crippen LogP contribution in [0.25, 0.3) is 0 Å². The second-order valence-corrected chi connectivity index (χ2v) is 12.5. The standard InChI is InChI=1S/C37H40N2O6/c1-38-12-11-25-16-33(42-3)34-19-28(25)30(38)14-22-5-7-23(8-6-22)21-44-37-35(43-4)17-26-20-39(2)27(18-29(26)36(37)41)13-24-9-10-31(40)32(15-24)45-34/h5-10,15-17,19,27,30,40-41H,11-14,18,20-21H2,1-4H3. The van der Waals surface area contributed by atoms with Crippen molar-refractivity contribution in [3.8, 4) is 40.2 Å². The van der Waals surface area contributed by atoms with E-state index in [4.69, 9.17) is 18.9 Å². The smallest absolute Gasteiger partial charge is 0.203 e. The minimum Gasteiger partial charge on any atom is -0.504 e. The summed E-state index contributed by atoms with van der Waals surface area (Å²) in [5, 5.41) is 22.4. The summed E-state index contributed by atoms with van der Waals surface area (Å²) in [6, 6.07) is 20.4. The Morgan fingerprint density at radius 1 is 0.756 bits per heavy atom. The number of hydrogen-bond acceptors (Lipinski definition) is 8. The molecular formula is C37H40N2O6. The molecule has 8 nitrogen and oxygen atoms in total. The number of ether oxygens (including phenoxy) is 4. The number of nitrogens with zero attached hydrogens (tertiary/aromatic N) is 2. The molecule has 234 valence electrons. The van der Waals surface area contributed by atoms with Crippen LogP contribution in [0.2, 0.25) is 0 Å². The first kappa shape index (κ1) is 29.3. The lowest BCUT2D eigenvalue weighted by atomic mass is 9.88. The average Bonchev–Trinajstić information content (AvgIpc) is 3.04. The molecule has 2 N–H and O–H groups in total. The molecular weight excluding hydrogens is 568 g/mol. The Kier molecular flexibility index (Phi) is 7.71. The highest BCUT2D eigenvalue weighted by Crippen LogP contribution is 2.46. The molecule has 4 aliphatic rings. The van der Waals surface area contributed by atoms with Gasteiger partial charge in [-0.1, -0.05) is 30.3 Å². The average molecular weight is 609 g/mol. The highest BCUT2D eigenvalue weighted by atomic mass is 16.5. The first-order chi connectivity index (χ1) is 21.8. The predicted octanol–water partition coefficient (Wildman–Crippen LogP) is 6.17. The van der Waals surface area contributed by atoms with Crippen LogP contribution >= 0.6 is 0 Å². The lowest BCUT2D eigenvalue weighted by molar-refractivity contribution is 0.207. The second kappa shape index (κ2) is 11.8. The Morgan fingerprint density at radius 3 is 2.27 bits per heavy atom. The van der Waals surface area contributed by atoms with Gasteiger partial charge in [0.2, 0.25) is 5.75 Å². The molecule has 0 fully saturated rings. The van der Waals surface area contributed by atoms with Gasteiger partial charge in [-0.05, 0) is 103 Å². The number of hydrogen-bond donors (Lipinski definition) is 2. The third-order valence-electron chi connectivity index (χ3n) is 9.72. The number of phenols is 2. The summed E-state index contributed by atoms with van der Waals surface area (Å²) in [7, 11) is 7.52. The first-order valence-corrected chi connectivity index (χ1v) is 15.5. The van der Waals surface area contributed by atoms with Crippen molar-refractivity contribution in [1.29, 1.82) is 0 Å². The van der Waals surface area contributed by atoms with Gasteiger partial charge < -0.3 is 29.2 Å². The van der Waals surface area contributed by atoms with Gasteiger partial charge in [0.15, 0.2) is 34.5 Å². The zero-order chi connectivity index (χ0) is 31.2. The highest BCUT2D eigenvalue weighted by Gasteiger charge is 2.31. The Labute approximate surface area is 264 Å². The maximum Gasteiger partial charge on any atom is 0.203 e. The number of rotatable bonds is 2. The van der Waals surface area contributed by atoms with Crippen LogP contribution in [0.4, 0.5) is 0 Å². The van der Waals surface area contributed by atoms with Crippen LogP contribution in [-0.4, -0.2) is 60.9 Å². The normalized spacial score (nSPS) is 19.7. The van der Waals surface area contributed by atoms with E-state index in [1.807, 2.05) is 18.2 Å². The summed E-state index contributed by atoms with van der Waals surface area (Å²) in [4.78, 5) is 4.67. The second-order valence-electron chi connectivity index (χ2n) is 12.5. The topological polar surface area (TPSA) is 83.9 Å². The van der Waals surface area contributed by atoms with E-state index in [0.717, 1.165) is 41.6 Å². The van der Waals surface area contributed by atoms with Gasteiger partial charge in [-0.15, -0.1) is 0 Å². The molecule has 4 heterocycles. The molecule has 0 radical (unpaired) electrons. The number of phenolic OH excluding ortho intramolecular Hbond substituents is 2. The summed E-state index contributed by atoms with van der Waals surface area (Å²) in [5.74, 6) is 2.73. The molecule has 4 aromatic rings. The number of likely N-dealkylation sites (N-methyl/N-ethyl adjacent to an activating group) is 2. The monoisotopic (exact) mass is 608 g/mol. The van der Waals surface area contributed by atoms with Crippen LogP contribution in [0.15, 0.2) is 60.7 Å². The summed E-state index contributed by atoms with van der Waals surface area (Å²) in [6.07, 6.45) is 3.08. The van der Waals surface area contributed by atoms with Crippen LogP contribution in [0.5, 0.6) is 40.2 Å². The van der Waals surface area contributed by atoms with Gasteiger partial charge in [0.1, 0.15) is 6.61 Å². The van der Waals surface area contributed by atoms with Crippen molar-refractivity contribution in [3.05, 3.63) is 99.6 Å². The number of methoxy groups -OCH3 is 2. The Morgan fingerprint density at radius 2 is 1.49 bits per heavy atom. The fourth-order valence-corrected chi connectivity index (χ4v) is 7.04. The van der Waals surface area contributed by atoms with Crippen molar-refractivity contribution in [3.63, 3.8) is 0 Å². The van der Waals surface area contributed by atoms with Crippen LogP contribution in [0.1, 0.15) is 45.0 Å². The van der Waals surface area contributed by atoms with Crippen LogP contribution in [-0.2, 0) is 38.8 Å². The number of benzene rings is 4. The molecule has 0 spiro atoms. The summed E-state index contributed by atoms with van der Waals surface area (Å²) in [6.45, 7) is 1.92. The molecule has 8 heteroatoms. The maximum absolute atomic E-state index is 11.5. The SMILES string of the molecule is COc1cc2c3cc1Oc1cc(ccc1O)CC1Cc4c(cc(OC)c(c4O)OCc4ccc(cc4)CC3N(C)CC2)CN1C. The zero-order valence-corrected chi connectivity index (χ0v) is 26.3. The Hall–Kier alpha value is -4.40. The van der Waals surface area contributed by atoms with Gasteiger partial charge >= 0.3 is 0 Å². The third-order valence-corrected chi connectivity index (χ3v) is 9.72.